The van der Waals surface area contributed by atoms with Gasteiger partial charge in [0.05, 0.1) is 31.0 Å². The summed E-state index contributed by atoms with van der Waals surface area (Å²) in [6.45, 7) is 1.85. The monoisotopic (exact) mass is 297 g/mol. The van der Waals surface area contributed by atoms with Gasteiger partial charge < -0.3 is 9.47 Å². The van der Waals surface area contributed by atoms with Crippen molar-refractivity contribution in [3.05, 3.63) is 47.8 Å². The van der Waals surface area contributed by atoms with Gasteiger partial charge in [-0.1, -0.05) is 18.2 Å². The van der Waals surface area contributed by atoms with Gasteiger partial charge in [-0.25, -0.2) is 14.5 Å². The Morgan fingerprint density at radius 2 is 1.91 bits per heavy atom. The summed E-state index contributed by atoms with van der Waals surface area (Å²) >= 11 is 0. The van der Waals surface area contributed by atoms with Gasteiger partial charge in [-0.2, -0.15) is 5.10 Å². The Hall–Kier alpha value is -2.89. The number of esters is 1. The molecular weight excluding hydrogens is 282 g/mol. The Kier molecular flexibility index (Phi) is 3.50. The van der Waals surface area contributed by atoms with Crippen LogP contribution in [0.3, 0.4) is 0 Å². The summed E-state index contributed by atoms with van der Waals surface area (Å²) in [7, 11) is 2.84. The molecule has 6 heteroatoms. The van der Waals surface area contributed by atoms with Crippen molar-refractivity contribution >= 4 is 17.0 Å². The number of rotatable bonds is 3. The highest BCUT2D eigenvalue weighted by Gasteiger charge is 2.22. The molecule has 0 bridgehead atoms. The summed E-state index contributed by atoms with van der Waals surface area (Å²) in [6.07, 6.45) is 1.45. The summed E-state index contributed by atoms with van der Waals surface area (Å²) < 4.78 is 11.9. The maximum atomic E-state index is 11.9. The lowest BCUT2D eigenvalue weighted by Crippen LogP contribution is -2.06. The maximum Gasteiger partial charge on any atom is 0.343 e. The highest BCUT2D eigenvalue weighted by Crippen LogP contribution is 2.32. The van der Waals surface area contributed by atoms with Crippen LogP contribution in [0.1, 0.15) is 16.1 Å². The molecule has 0 unspecified atom stereocenters. The minimum Gasteiger partial charge on any atom is -0.495 e. The predicted octanol–water partition coefficient (Wildman–Crippen LogP) is 2.52. The molecule has 0 saturated heterocycles. The third kappa shape index (κ3) is 2.09. The first kappa shape index (κ1) is 14.1. The van der Waals surface area contributed by atoms with E-state index in [4.69, 9.17) is 9.47 Å². The lowest BCUT2D eigenvalue weighted by molar-refractivity contribution is 0.0597. The van der Waals surface area contributed by atoms with Crippen molar-refractivity contribution in [2.24, 2.45) is 0 Å². The van der Waals surface area contributed by atoms with E-state index in [2.05, 4.69) is 10.1 Å². The summed E-state index contributed by atoms with van der Waals surface area (Å²) in [5, 5.41) is 5.22. The molecule has 0 spiro atoms. The second-order valence-electron chi connectivity index (χ2n) is 4.73. The van der Waals surface area contributed by atoms with Gasteiger partial charge in [-0.3, -0.25) is 0 Å². The van der Waals surface area contributed by atoms with Gasteiger partial charge in [-0.05, 0) is 19.1 Å². The third-order valence-corrected chi connectivity index (χ3v) is 3.43. The molecule has 6 nitrogen and oxygen atoms in total. The quantitative estimate of drug-likeness (QED) is 0.695. The molecule has 22 heavy (non-hydrogen) atoms. The van der Waals surface area contributed by atoms with E-state index >= 15 is 0 Å². The zero-order chi connectivity index (χ0) is 15.7. The fourth-order valence-corrected chi connectivity index (χ4v) is 2.44. The van der Waals surface area contributed by atoms with Crippen LogP contribution in [0, 0.1) is 6.92 Å². The fraction of sp³-hybridized carbons (Fsp3) is 0.188. The van der Waals surface area contributed by atoms with Crippen LogP contribution in [-0.4, -0.2) is 35.0 Å². The van der Waals surface area contributed by atoms with Gasteiger partial charge in [0.15, 0.2) is 5.65 Å². The van der Waals surface area contributed by atoms with E-state index in [0.29, 0.717) is 16.8 Å². The highest BCUT2D eigenvalue weighted by atomic mass is 16.5. The standard InChI is InChI=1S/C16H15N3O3/c1-10-13-14(21-2)12(16(20)22-3)9-17-15(13)19(18-10)11-7-5-4-6-8-11/h4-9H,1-3H3. The summed E-state index contributed by atoms with van der Waals surface area (Å²) in [5.74, 6) is -0.0605. The number of carbonyl (C=O) groups excluding carboxylic acids is 1. The van der Waals surface area contributed by atoms with Gasteiger partial charge in [0, 0.05) is 6.20 Å². The molecule has 112 valence electrons. The third-order valence-electron chi connectivity index (χ3n) is 3.43. The Labute approximate surface area is 127 Å². The zero-order valence-corrected chi connectivity index (χ0v) is 12.5. The second-order valence-corrected chi connectivity index (χ2v) is 4.73. The van der Waals surface area contributed by atoms with Crippen molar-refractivity contribution < 1.29 is 14.3 Å². The Morgan fingerprint density at radius 3 is 2.55 bits per heavy atom. The number of pyridine rings is 1. The number of nitrogens with zero attached hydrogens (tertiary/aromatic N) is 3. The first-order valence-electron chi connectivity index (χ1n) is 6.73. The molecule has 1 aromatic carbocycles. The van der Waals surface area contributed by atoms with Gasteiger partial charge >= 0.3 is 5.97 Å². The molecule has 0 atom stereocenters. The number of benzene rings is 1. The van der Waals surface area contributed by atoms with Gasteiger partial charge in [0.1, 0.15) is 11.3 Å². The Balaban J connectivity index is 2.31. The lowest BCUT2D eigenvalue weighted by atomic mass is 10.1. The van der Waals surface area contributed by atoms with Crippen molar-refractivity contribution in [1.82, 2.24) is 14.8 Å². The van der Waals surface area contributed by atoms with E-state index in [-0.39, 0.29) is 5.56 Å². The normalized spacial score (nSPS) is 10.7. The van der Waals surface area contributed by atoms with Gasteiger partial charge in [-0.15, -0.1) is 0 Å². The molecule has 0 radical (unpaired) electrons. The van der Waals surface area contributed by atoms with Crippen molar-refractivity contribution in [2.45, 2.75) is 6.92 Å². The van der Waals surface area contributed by atoms with Crippen molar-refractivity contribution in [1.29, 1.82) is 0 Å². The van der Waals surface area contributed by atoms with Crippen LogP contribution in [-0.2, 0) is 4.74 Å². The number of aromatic nitrogens is 3. The molecule has 2 aromatic heterocycles. The second kappa shape index (κ2) is 5.48. The van der Waals surface area contributed by atoms with Crippen molar-refractivity contribution in [2.75, 3.05) is 14.2 Å². The molecule has 3 rings (SSSR count). The maximum absolute atomic E-state index is 11.9. The molecular formula is C16H15N3O3. The molecule has 0 aliphatic rings. The lowest BCUT2D eigenvalue weighted by Gasteiger charge is -2.08. The van der Waals surface area contributed by atoms with Crippen molar-refractivity contribution in [3.63, 3.8) is 0 Å². The van der Waals surface area contributed by atoms with E-state index in [1.54, 1.807) is 4.68 Å². The SMILES string of the molecule is COC(=O)c1cnc2c(c(C)nn2-c2ccccc2)c1OC. The minimum atomic E-state index is -0.488. The number of methoxy groups -OCH3 is 2. The Morgan fingerprint density at radius 1 is 1.18 bits per heavy atom. The summed E-state index contributed by atoms with van der Waals surface area (Å²) in [4.78, 5) is 16.2. The van der Waals surface area contributed by atoms with E-state index in [0.717, 1.165) is 11.4 Å². The van der Waals surface area contributed by atoms with E-state index in [9.17, 15) is 4.79 Å². The van der Waals surface area contributed by atoms with E-state index in [1.165, 1.54) is 20.4 Å². The van der Waals surface area contributed by atoms with Crippen LogP contribution in [0.4, 0.5) is 0 Å². The minimum absolute atomic E-state index is 0.285. The molecule has 0 fully saturated rings. The number of para-hydroxylation sites is 1. The largest absolute Gasteiger partial charge is 0.495 e. The van der Waals surface area contributed by atoms with Crippen LogP contribution in [0.25, 0.3) is 16.7 Å². The van der Waals surface area contributed by atoms with Crippen LogP contribution in [0.2, 0.25) is 0 Å². The molecule has 0 aliphatic heterocycles. The molecule has 0 N–H and O–H groups in total. The first-order valence-corrected chi connectivity index (χ1v) is 6.73. The fourth-order valence-electron chi connectivity index (χ4n) is 2.44. The molecule has 0 saturated carbocycles. The predicted molar refractivity (Wildman–Crippen MR) is 81.5 cm³/mol. The molecule has 3 aromatic rings. The first-order chi connectivity index (χ1) is 10.7. The topological polar surface area (TPSA) is 66.2 Å². The summed E-state index contributed by atoms with van der Waals surface area (Å²) in [6, 6.07) is 9.67. The number of aryl methyl sites for hydroxylation is 1. The van der Waals surface area contributed by atoms with Crippen LogP contribution in [0.5, 0.6) is 5.75 Å². The Bertz CT molecular complexity index is 841. The van der Waals surface area contributed by atoms with E-state index < -0.39 is 5.97 Å². The van der Waals surface area contributed by atoms with E-state index in [1.807, 2.05) is 37.3 Å². The summed E-state index contributed by atoms with van der Waals surface area (Å²) in [5.41, 5.74) is 2.54. The zero-order valence-electron chi connectivity index (χ0n) is 12.5. The van der Waals surface area contributed by atoms with Gasteiger partial charge in [0.2, 0.25) is 0 Å². The number of fused-ring (bicyclic) bond motifs is 1. The van der Waals surface area contributed by atoms with Gasteiger partial charge in [0.25, 0.3) is 0 Å². The number of carbonyl (C=O) groups is 1. The number of hydrogen-bond donors (Lipinski definition) is 0. The van der Waals surface area contributed by atoms with Crippen LogP contribution in [0.15, 0.2) is 36.5 Å². The highest BCUT2D eigenvalue weighted by molar-refractivity contribution is 6.00. The van der Waals surface area contributed by atoms with Crippen LogP contribution < -0.4 is 4.74 Å². The van der Waals surface area contributed by atoms with Crippen LogP contribution >= 0.6 is 0 Å². The molecule has 0 amide bonds. The number of ether oxygens (including phenoxy) is 2. The van der Waals surface area contributed by atoms with Crippen molar-refractivity contribution in [3.8, 4) is 11.4 Å². The average molecular weight is 297 g/mol. The number of hydrogen-bond acceptors (Lipinski definition) is 5. The average Bonchev–Trinajstić information content (AvgIpc) is 2.91. The molecule has 2 heterocycles. The smallest absolute Gasteiger partial charge is 0.343 e. The molecule has 0 aliphatic carbocycles.